The van der Waals surface area contributed by atoms with Crippen molar-refractivity contribution in [3.8, 4) is 5.75 Å². The molecule has 1 N–H and O–H groups in total. The number of carboxylic acid groups (broad SMARTS) is 1. The highest BCUT2D eigenvalue weighted by atomic mass is 35.5. The van der Waals surface area contributed by atoms with Crippen LogP contribution in [0.3, 0.4) is 0 Å². The second-order valence-electron chi connectivity index (χ2n) is 10.8. The Balaban J connectivity index is 1.17. The summed E-state index contributed by atoms with van der Waals surface area (Å²) in [4.78, 5) is 14.0. The van der Waals surface area contributed by atoms with Crippen LogP contribution in [0.4, 0.5) is 0 Å². The number of hydrogen-bond donors (Lipinski definition) is 1. The van der Waals surface area contributed by atoms with E-state index in [9.17, 15) is 9.90 Å². The van der Waals surface area contributed by atoms with E-state index in [-0.39, 0.29) is 12.0 Å². The predicted molar refractivity (Wildman–Crippen MR) is 138 cm³/mol. The molecule has 3 fully saturated rings. The van der Waals surface area contributed by atoms with Gasteiger partial charge in [-0.3, -0.25) is 9.69 Å². The summed E-state index contributed by atoms with van der Waals surface area (Å²) in [6, 6.07) is 11.7. The Bertz CT molecular complexity index is 1000. The molecule has 1 saturated carbocycles. The first-order valence-corrected chi connectivity index (χ1v) is 13.8. The number of ether oxygens (including phenoxy) is 1. The van der Waals surface area contributed by atoms with Crippen molar-refractivity contribution in [3.63, 3.8) is 0 Å². The quantitative estimate of drug-likeness (QED) is 0.435. The third-order valence-corrected chi connectivity index (χ3v) is 9.15. The van der Waals surface area contributed by atoms with Gasteiger partial charge in [-0.15, -0.1) is 0 Å². The highest BCUT2D eigenvalue weighted by Gasteiger charge is 2.42. The second-order valence-corrected chi connectivity index (χ2v) is 11.2. The molecular weight excluding hydrogens is 446 g/mol. The molecule has 34 heavy (non-hydrogen) atoms. The Kier molecular flexibility index (Phi) is 7.36. The van der Waals surface area contributed by atoms with Crippen LogP contribution >= 0.6 is 11.6 Å². The van der Waals surface area contributed by atoms with Crippen molar-refractivity contribution in [2.45, 2.75) is 95.7 Å². The minimum Gasteiger partial charge on any atom is -0.489 e. The molecule has 0 spiro atoms. The lowest BCUT2D eigenvalue weighted by Gasteiger charge is -2.37. The minimum atomic E-state index is -0.608. The van der Waals surface area contributed by atoms with E-state index >= 15 is 0 Å². The maximum Gasteiger partial charge on any atom is 0.306 e. The van der Waals surface area contributed by atoms with E-state index in [1.165, 1.54) is 30.2 Å². The Labute approximate surface area is 208 Å². The van der Waals surface area contributed by atoms with Gasteiger partial charge in [-0.25, -0.2) is 0 Å². The van der Waals surface area contributed by atoms with Crippen molar-refractivity contribution in [1.82, 2.24) is 4.90 Å². The first-order valence-electron chi connectivity index (χ1n) is 13.4. The molecule has 2 aromatic carbocycles. The van der Waals surface area contributed by atoms with Gasteiger partial charge in [-0.2, -0.15) is 0 Å². The Morgan fingerprint density at radius 1 is 1.06 bits per heavy atom. The number of aryl methyl sites for hydroxylation is 1. The normalized spacial score (nSPS) is 29.4. The number of piperidine rings is 1. The van der Waals surface area contributed by atoms with E-state index in [0.29, 0.717) is 12.1 Å². The summed E-state index contributed by atoms with van der Waals surface area (Å²) < 4.78 is 6.32. The van der Waals surface area contributed by atoms with Crippen LogP contribution in [0.1, 0.15) is 76.7 Å². The molecule has 2 aliphatic heterocycles. The van der Waals surface area contributed by atoms with Gasteiger partial charge in [0.15, 0.2) is 0 Å². The molecule has 3 aliphatic rings. The maximum absolute atomic E-state index is 11.4. The molecule has 0 radical (unpaired) electrons. The first-order chi connectivity index (χ1) is 16.5. The van der Waals surface area contributed by atoms with Gasteiger partial charge in [0.25, 0.3) is 0 Å². The Morgan fingerprint density at radius 2 is 1.79 bits per heavy atom. The summed E-state index contributed by atoms with van der Waals surface area (Å²) in [5.74, 6) is 0.933. The second kappa shape index (κ2) is 10.5. The van der Waals surface area contributed by atoms with Crippen LogP contribution in [0.15, 0.2) is 30.3 Å². The first kappa shape index (κ1) is 23.9. The topological polar surface area (TPSA) is 49.8 Å². The van der Waals surface area contributed by atoms with Gasteiger partial charge in [0, 0.05) is 17.5 Å². The summed E-state index contributed by atoms with van der Waals surface area (Å²) in [6.07, 6.45) is 12.4. The molecule has 2 aromatic rings. The fourth-order valence-electron chi connectivity index (χ4n) is 6.71. The van der Waals surface area contributed by atoms with Crippen LogP contribution < -0.4 is 4.74 Å². The van der Waals surface area contributed by atoms with Crippen LogP contribution in [0.5, 0.6) is 5.75 Å². The van der Waals surface area contributed by atoms with Gasteiger partial charge >= 0.3 is 5.97 Å². The van der Waals surface area contributed by atoms with E-state index < -0.39 is 5.97 Å². The fraction of sp³-hybridized carbons (Fsp3) is 0.621. The van der Waals surface area contributed by atoms with E-state index in [0.717, 1.165) is 80.0 Å². The molecule has 2 heterocycles. The zero-order valence-electron chi connectivity index (χ0n) is 20.3. The number of aliphatic carboxylic acids is 1. The molecule has 0 aromatic heterocycles. The van der Waals surface area contributed by atoms with Crippen molar-refractivity contribution in [3.05, 3.63) is 40.9 Å². The fourth-order valence-corrected chi connectivity index (χ4v) is 6.99. The average molecular weight is 484 g/mol. The summed E-state index contributed by atoms with van der Waals surface area (Å²) in [7, 11) is 0. The average Bonchev–Trinajstić information content (AvgIpc) is 3.07. The highest BCUT2D eigenvalue weighted by Crippen LogP contribution is 2.39. The molecule has 2 saturated heterocycles. The molecule has 0 amide bonds. The predicted octanol–water partition coefficient (Wildman–Crippen LogP) is 7.10. The summed E-state index contributed by atoms with van der Waals surface area (Å²) in [6.45, 7) is 3.35. The maximum atomic E-state index is 11.4. The molecule has 1 aliphatic carbocycles. The smallest absolute Gasteiger partial charge is 0.306 e. The summed E-state index contributed by atoms with van der Waals surface area (Å²) in [5.41, 5.74) is 1.34. The number of carbonyl (C=O) groups is 1. The number of benzene rings is 2. The van der Waals surface area contributed by atoms with Crippen molar-refractivity contribution in [2.75, 3.05) is 6.54 Å². The highest BCUT2D eigenvalue weighted by molar-refractivity contribution is 6.37. The Hall–Kier alpha value is -1.78. The zero-order valence-corrected chi connectivity index (χ0v) is 21.1. The molecule has 2 bridgehead atoms. The van der Waals surface area contributed by atoms with Gasteiger partial charge in [0.1, 0.15) is 5.75 Å². The van der Waals surface area contributed by atoms with Gasteiger partial charge in [0.05, 0.1) is 17.0 Å². The van der Waals surface area contributed by atoms with E-state index in [2.05, 4.69) is 36.1 Å². The molecule has 3 atom stereocenters. The number of carboxylic acids is 1. The van der Waals surface area contributed by atoms with Crippen molar-refractivity contribution in [1.29, 1.82) is 0 Å². The van der Waals surface area contributed by atoms with Crippen LogP contribution in [-0.4, -0.2) is 40.7 Å². The molecule has 2 unspecified atom stereocenters. The minimum absolute atomic E-state index is 0.140. The monoisotopic (exact) mass is 483 g/mol. The SMILES string of the molecule is CC[C@H]1CC[C@@H](Oc2ccc3cc(CCCN4C5CC[C@@H]4CC(C(=O)O)C5)ccc3c2Cl)CC1. The molecule has 5 heteroatoms. The number of rotatable bonds is 8. The van der Waals surface area contributed by atoms with Gasteiger partial charge in [-0.05, 0) is 93.7 Å². The molecular formula is C29H38ClNO3. The van der Waals surface area contributed by atoms with Crippen molar-refractivity contribution < 1.29 is 14.6 Å². The summed E-state index contributed by atoms with van der Waals surface area (Å²) >= 11 is 6.77. The van der Waals surface area contributed by atoms with E-state index in [4.69, 9.17) is 16.3 Å². The molecule has 184 valence electrons. The number of halogens is 1. The Morgan fingerprint density at radius 3 is 2.47 bits per heavy atom. The van der Waals surface area contributed by atoms with Crippen LogP contribution in [0.25, 0.3) is 10.8 Å². The van der Waals surface area contributed by atoms with Crippen molar-refractivity contribution >= 4 is 28.3 Å². The summed E-state index contributed by atoms with van der Waals surface area (Å²) in [5, 5.41) is 12.4. The van der Waals surface area contributed by atoms with E-state index in [1.54, 1.807) is 0 Å². The zero-order chi connectivity index (χ0) is 23.7. The van der Waals surface area contributed by atoms with Crippen LogP contribution in [0.2, 0.25) is 5.02 Å². The molecule has 4 nitrogen and oxygen atoms in total. The van der Waals surface area contributed by atoms with Gasteiger partial charge in [-0.1, -0.05) is 49.2 Å². The number of fused-ring (bicyclic) bond motifs is 3. The lowest BCUT2D eigenvalue weighted by molar-refractivity contribution is -0.144. The van der Waals surface area contributed by atoms with Crippen LogP contribution in [-0.2, 0) is 11.2 Å². The van der Waals surface area contributed by atoms with E-state index in [1.807, 2.05) is 6.07 Å². The lowest BCUT2D eigenvalue weighted by Crippen LogP contribution is -2.45. The molecule has 5 rings (SSSR count). The van der Waals surface area contributed by atoms with Gasteiger partial charge in [0.2, 0.25) is 0 Å². The number of hydrogen-bond acceptors (Lipinski definition) is 3. The number of nitrogens with zero attached hydrogens (tertiary/aromatic N) is 1. The largest absolute Gasteiger partial charge is 0.489 e. The lowest BCUT2D eigenvalue weighted by atomic mass is 9.86. The van der Waals surface area contributed by atoms with Crippen molar-refractivity contribution in [2.24, 2.45) is 11.8 Å². The van der Waals surface area contributed by atoms with Crippen LogP contribution in [0, 0.1) is 11.8 Å². The third-order valence-electron chi connectivity index (χ3n) is 8.76. The van der Waals surface area contributed by atoms with Gasteiger partial charge < -0.3 is 9.84 Å². The third kappa shape index (κ3) is 5.09. The standard InChI is InChI=1S/C29H38ClNO3/c1-2-19-5-11-25(12-6-19)34-27-14-8-21-16-20(7-13-26(21)28(27)30)4-3-15-31-23-9-10-24(31)18-22(17-23)29(32)33/h7-8,13-14,16,19,22-25H,2-6,9-12,15,17-18H2,1H3,(H,32,33)/t19-,22?,23-,24?,25+/m1/s1.